The van der Waals surface area contributed by atoms with Gasteiger partial charge in [-0.25, -0.2) is 18.3 Å². The van der Waals surface area contributed by atoms with Gasteiger partial charge in [-0.05, 0) is 35.9 Å². The number of methoxy groups -OCH3 is 1. The lowest BCUT2D eigenvalue weighted by Gasteiger charge is -2.11. The fourth-order valence-corrected chi connectivity index (χ4v) is 4.38. The molecule has 0 fully saturated rings. The number of hydrogen-bond acceptors (Lipinski definition) is 5. The van der Waals surface area contributed by atoms with E-state index in [9.17, 15) is 13.6 Å². The first-order chi connectivity index (χ1) is 18.2. The highest BCUT2D eigenvalue weighted by molar-refractivity contribution is 6.42. The molecule has 3 aromatic heterocycles. The topological polar surface area (TPSA) is 86.3 Å². The number of aromatic nitrogens is 5. The standard InChI is InChI=1S/C25H17Cl3F2N6O2/c1-38-21-5-3-2-4-14(21)19-9-20(22(29)30)36-24(32-19)15(10-31-36)25(37)33-23-18(28)12-35(34-23)11-13-6-7-16(26)17(27)8-13/h2-10,12,22H,11H2,1H3,(H,33,34,37). The second-order valence-corrected chi connectivity index (χ2v) is 9.31. The Hall–Kier alpha value is -3.73. The van der Waals surface area contributed by atoms with E-state index in [0.717, 1.165) is 16.3 Å². The van der Waals surface area contributed by atoms with Crippen molar-refractivity contribution in [3.63, 3.8) is 0 Å². The Balaban J connectivity index is 1.48. The van der Waals surface area contributed by atoms with Crippen molar-refractivity contribution < 1.29 is 18.3 Å². The van der Waals surface area contributed by atoms with Gasteiger partial charge < -0.3 is 10.1 Å². The zero-order valence-corrected chi connectivity index (χ0v) is 21.8. The van der Waals surface area contributed by atoms with Gasteiger partial charge in [0.15, 0.2) is 11.5 Å². The number of amides is 1. The van der Waals surface area contributed by atoms with E-state index in [1.807, 2.05) is 0 Å². The van der Waals surface area contributed by atoms with Gasteiger partial charge in [0.05, 0.1) is 35.6 Å². The maximum Gasteiger partial charge on any atom is 0.280 e. The van der Waals surface area contributed by atoms with Crippen molar-refractivity contribution in [1.29, 1.82) is 0 Å². The summed E-state index contributed by atoms with van der Waals surface area (Å²) in [5.74, 6) is -0.160. The molecule has 0 spiro atoms. The van der Waals surface area contributed by atoms with Crippen LogP contribution in [0.1, 0.15) is 28.0 Å². The van der Waals surface area contributed by atoms with Crippen molar-refractivity contribution >= 4 is 52.2 Å². The maximum atomic E-state index is 13.9. The molecule has 1 amide bonds. The van der Waals surface area contributed by atoms with Crippen molar-refractivity contribution in [2.45, 2.75) is 13.0 Å². The van der Waals surface area contributed by atoms with Crippen LogP contribution in [0.3, 0.4) is 0 Å². The molecule has 0 aliphatic heterocycles. The molecule has 0 radical (unpaired) electrons. The SMILES string of the molecule is COc1ccccc1-c1cc(C(F)F)n2ncc(C(=O)Nc3nn(Cc4ccc(Cl)c(Cl)c4)cc3Cl)c2n1. The summed E-state index contributed by atoms with van der Waals surface area (Å²) in [6.07, 6.45) is -0.185. The molecule has 0 aliphatic carbocycles. The molecule has 8 nitrogen and oxygen atoms in total. The second kappa shape index (κ2) is 10.6. The van der Waals surface area contributed by atoms with Crippen LogP contribution in [-0.4, -0.2) is 37.4 Å². The number of carbonyl (C=O) groups is 1. The Bertz CT molecular complexity index is 1670. The number of alkyl halides is 2. The summed E-state index contributed by atoms with van der Waals surface area (Å²) in [5, 5.41) is 11.9. The largest absolute Gasteiger partial charge is 0.496 e. The smallest absolute Gasteiger partial charge is 0.280 e. The van der Waals surface area contributed by atoms with Crippen LogP contribution in [0.25, 0.3) is 16.9 Å². The van der Waals surface area contributed by atoms with Gasteiger partial charge in [-0.2, -0.15) is 10.2 Å². The third kappa shape index (κ3) is 5.02. The van der Waals surface area contributed by atoms with Crippen LogP contribution in [0.15, 0.2) is 60.9 Å². The van der Waals surface area contributed by atoms with E-state index in [-0.39, 0.29) is 27.7 Å². The molecule has 5 aromatic rings. The van der Waals surface area contributed by atoms with Gasteiger partial charge in [0.2, 0.25) is 0 Å². The molecule has 0 atom stereocenters. The minimum Gasteiger partial charge on any atom is -0.496 e. The van der Waals surface area contributed by atoms with E-state index in [1.165, 1.54) is 24.1 Å². The van der Waals surface area contributed by atoms with Crippen LogP contribution in [0, 0.1) is 0 Å². The maximum absolute atomic E-state index is 13.9. The number of nitrogens with one attached hydrogen (secondary N) is 1. The van der Waals surface area contributed by atoms with Crippen LogP contribution >= 0.6 is 34.8 Å². The number of carbonyl (C=O) groups excluding carboxylic acids is 1. The summed E-state index contributed by atoms with van der Waals surface area (Å²) >= 11 is 18.3. The molecule has 0 aliphatic rings. The highest BCUT2D eigenvalue weighted by atomic mass is 35.5. The fraction of sp³-hybridized carbons (Fsp3) is 0.120. The van der Waals surface area contributed by atoms with E-state index in [2.05, 4.69) is 20.5 Å². The zero-order valence-electron chi connectivity index (χ0n) is 19.5. The molecule has 0 saturated heterocycles. The van der Waals surface area contributed by atoms with Gasteiger partial charge in [0, 0.05) is 11.8 Å². The number of benzene rings is 2. The summed E-state index contributed by atoms with van der Waals surface area (Å²) in [5.41, 5.74) is 0.955. The first-order valence-corrected chi connectivity index (χ1v) is 12.2. The lowest BCUT2D eigenvalue weighted by Crippen LogP contribution is -2.14. The molecule has 0 bridgehead atoms. The number of ether oxygens (including phenoxy) is 1. The molecule has 0 unspecified atom stereocenters. The summed E-state index contributed by atoms with van der Waals surface area (Å²) < 4.78 is 35.7. The minimum atomic E-state index is -2.88. The van der Waals surface area contributed by atoms with Gasteiger partial charge in [0.25, 0.3) is 12.3 Å². The monoisotopic (exact) mass is 576 g/mol. The number of hydrogen-bond donors (Lipinski definition) is 1. The molecule has 3 heterocycles. The summed E-state index contributed by atoms with van der Waals surface area (Å²) in [6, 6.07) is 13.2. The van der Waals surface area contributed by atoms with Gasteiger partial charge in [-0.15, -0.1) is 0 Å². The van der Waals surface area contributed by atoms with Gasteiger partial charge in [-0.1, -0.05) is 53.0 Å². The van der Waals surface area contributed by atoms with E-state index in [1.54, 1.807) is 42.5 Å². The summed E-state index contributed by atoms with van der Waals surface area (Å²) in [6.45, 7) is 0.310. The number of anilines is 1. The number of nitrogens with zero attached hydrogens (tertiary/aromatic N) is 5. The summed E-state index contributed by atoms with van der Waals surface area (Å²) in [4.78, 5) is 17.6. The predicted octanol–water partition coefficient (Wildman–Crippen LogP) is 6.80. The van der Waals surface area contributed by atoms with E-state index in [0.29, 0.717) is 27.9 Å². The van der Waals surface area contributed by atoms with E-state index >= 15 is 0 Å². The Morgan fingerprint density at radius 2 is 1.87 bits per heavy atom. The molecule has 1 N–H and O–H groups in total. The third-order valence-corrected chi connectivity index (χ3v) is 6.64. The Kier molecular flexibility index (Phi) is 7.20. The highest BCUT2D eigenvalue weighted by Crippen LogP contribution is 2.32. The Morgan fingerprint density at radius 3 is 2.61 bits per heavy atom. The van der Waals surface area contributed by atoms with E-state index < -0.39 is 18.0 Å². The minimum absolute atomic E-state index is 0.0428. The molecule has 194 valence electrons. The normalized spacial score (nSPS) is 11.3. The molecule has 38 heavy (non-hydrogen) atoms. The van der Waals surface area contributed by atoms with Crippen molar-refractivity contribution in [1.82, 2.24) is 24.4 Å². The van der Waals surface area contributed by atoms with Crippen molar-refractivity contribution in [2.75, 3.05) is 12.4 Å². The molecular weight excluding hydrogens is 561 g/mol. The lowest BCUT2D eigenvalue weighted by atomic mass is 10.1. The van der Waals surface area contributed by atoms with E-state index in [4.69, 9.17) is 39.5 Å². The molecule has 13 heteroatoms. The Labute approximate surface area is 229 Å². The predicted molar refractivity (Wildman–Crippen MR) is 141 cm³/mol. The summed E-state index contributed by atoms with van der Waals surface area (Å²) in [7, 11) is 1.47. The van der Waals surface area contributed by atoms with Crippen LogP contribution in [-0.2, 0) is 6.54 Å². The van der Waals surface area contributed by atoms with Gasteiger partial charge in [0.1, 0.15) is 22.0 Å². The quantitative estimate of drug-likeness (QED) is 0.230. The van der Waals surface area contributed by atoms with Crippen molar-refractivity contribution in [2.24, 2.45) is 0 Å². The number of rotatable bonds is 7. The fourth-order valence-electron chi connectivity index (χ4n) is 3.86. The first-order valence-electron chi connectivity index (χ1n) is 11.0. The van der Waals surface area contributed by atoms with Crippen molar-refractivity contribution in [3.05, 3.63) is 92.8 Å². The molecular formula is C25H17Cl3F2N6O2. The highest BCUT2D eigenvalue weighted by Gasteiger charge is 2.23. The number of para-hydroxylation sites is 1. The zero-order chi connectivity index (χ0) is 27.0. The first kappa shape index (κ1) is 25.9. The van der Waals surface area contributed by atoms with Crippen LogP contribution < -0.4 is 10.1 Å². The number of fused-ring (bicyclic) bond motifs is 1. The van der Waals surface area contributed by atoms with Crippen LogP contribution in [0.5, 0.6) is 5.75 Å². The number of halogens is 5. The Morgan fingerprint density at radius 1 is 1.08 bits per heavy atom. The van der Waals surface area contributed by atoms with Gasteiger partial charge >= 0.3 is 0 Å². The average molecular weight is 578 g/mol. The molecule has 5 rings (SSSR count). The average Bonchev–Trinajstić information content (AvgIpc) is 3.48. The van der Waals surface area contributed by atoms with Crippen LogP contribution in [0.2, 0.25) is 15.1 Å². The van der Waals surface area contributed by atoms with Crippen LogP contribution in [0.4, 0.5) is 14.6 Å². The molecule has 2 aromatic carbocycles. The third-order valence-electron chi connectivity index (χ3n) is 5.63. The second-order valence-electron chi connectivity index (χ2n) is 8.09. The lowest BCUT2D eigenvalue weighted by molar-refractivity contribution is 0.102. The van der Waals surface area contributed by atoms with Crippen molar-refractivity contribution in [3.8, 4) is 17.0 Å². The molecule has 0 saturated carbocycles. The van der Waals surface area contributed by atoms with Gasteiger partial charge in [-0.3, -0.25) is 9.48 Å².